The zero-order valence-electron chi connectivity index (χ0n) is 17.7. The zero-order chi connectivity index (χ0) is 23.1. The van der Waals surface area contributed by atoms with Crippen molar-refractivity contribution >= 4 is 22.2 Å². The minimum atomic E-state index is -4.12. The molecule has 0 bridgehead atoms. The van der Waals surface area contributed by atoms with Gasteiger partial charge in [0.15, 0.2) is 11.5 Å². The molecule has 32 heavy (non-hydrogen) atoms. The summed E-state index contributed by atoms with van der Waals surface area (Å²) in [4.78, 5) is 12.3. The quantitative estimate of drug-likeness (QED) is 0.317. The van der Waals surface area contributed by atoms with Crippen molar-refractivity contribution in [1.29, 1.82) is 0 Å². The van der Waals surface area contributed by atoms with E-state index in [0.717, 1.165) is 5.56 Å². The number of hydrazone groups is 1. The number of para-hydroxylation sites is 1. The molecule has 0 aliphatic rings. The lowest BCUT2D eigenvalue weighted by Gasteiger charge is -2.13. The molecule has 0 radical (unpaired) electrons. The average Bonchev–Trinajstić information content (AvgIpc) is 2.80. The summed E-state index contributed by atoms with van der Waals surface area (Å²) in [5.41, 5.74) is 3.99. The number of benzene rings is 3. The summed E-state index contributed by atoms with van der Waals surface area (Å²) in [5, 5.41) is 3.92. The van der Waals surface area contributed by atoms with Crippen LogP contribution >= 0.6 is 0 Å². The van der Waals surface area contributed by atoms with Crippen molar-refractivity contribution < 1.29 is 26.9 Å². The summed E-state index contributed by atoms with van der Waals surface area (Å²) >= 11 is 0. The van der Waals surface area contributed by atoms with Crippen LogP contribution in [0.3, 0.4) is 0 Å². The monoisotopic (exact) mass is 454 g/mol. The Morgan fingerprint density at radius 1 is 0.938 bits per heavy atom. The topological polar surface area (TPSA) is 103 Å². The Hall–Kier alpha value is -3.85. The molecule has 0 heterocycles. The van der Waals surface area contributed by atoms with E-state index < -0.39 is 16.0 Å². The number of nitrogens with one attached hydrogen (secondary N) is 1. The van der Waals surface area contributed by atoms with E-state index in [1.54, 1.807) is 54.6 Å². The first-order chi connectivity index (χ1) is 15.3. The van der Waals surface area contributed by atoms with Crippen LogP contribution in [0.2, 0.25) is 0 Å². The summed E-state index contributed by atoms with van der Waals surface area (Å²) in [7, 11) is -1.19. The van der Waals surface area contributed by atoms with Gasteiger partial charge in [-0.2, -0.15) is 13.5 Å². The molecule has 166 valence electrons. The van der Waals surface area contributed by atoms with Gasteiger partial charge in [-0.3, -0.25) is 4.79 Å². The number of ether oxygens (including phenoxy) is 2. The van der Waals surface area contributed by atoms with Gasteiger partial charge in [-0.15, -0.1) is 0 Å². The van der Waals surface area contributed by atoms with Crippen molar-refractivity contribution in [3.05, 3.63) is 83.4 Å². The minimum absolute atomic E-state index is 0.00436. The maximum atomic E-state index is 12.8. The summed E-state index contributed by atoms with van der Waals surface area (Å²) in [6, 6.07) is 17.6. The van der Waals surface area contributed by atoms with Crippen molar-refractivity contribution in [2.45, 2.75) is 11.8 Å². The molecule has 0 saturated carbocycles. The highest BCUT2D eigenvalue weighted by molar-refractivity contribution is 7.87. The number of methoxy groups -OCH3 is 2. The maximum Gasteiger partial charge on any atom is 0.339 e. The summed E-state index contributed by atoms with van der Waals surface area (Å²) in [6.07, 6.45) is 1.28. The van der Waals surface area contributed by atoms with Crippen molar-refractivity contribution in [1.82, 2.24) is 5.43 Å². The molecule has 0 spiro atoms. The van der Waals surface area contributed by atoms with Crippen LogP contribution in [-0.2, 0) is 10.1 Å². The molecular formula is C23H22N2O6S. The van der Waals surface area contributed by atoms with Gasteiger partial charge in [-0.05, 0) is 55.5 Å². The lowest BCUT2D eigenvalue weighted by Crippen LogP contribution is -2.17. The first-order valence-electron chi connectivity index (χ1n) is 9.49. The minimum Gasteiger partial charge on any atom is -0.497 e. The Kier molecular flexibility index (Phi) is 7.11. The second-order valence-corrected chi connectivity index (χ2v) is 8.20. The van der Waals surface area contributed by atoms with E-state index in [9.17, 15) is 13.2 Å². The molecule has 3 rings (SSSR count). The number of rotatable bonds is 8. The molecule has 0 fully saturated rings. The first kappa shape index (κ1) is 22.8. The van der Waals surface area contributed by atoms with Crippen molar-refractivity contribution in [3.63, 3.8) is 0 Å². The van der Waals surface area contributed by atoms with Crippen molar-refractivity contribution in [2.24, 2.45) is 5.10 Å². The van der Waals surface area contributed by atoms with Gasteiger partial charge in [0.1, 0.15) is 10.6 Å². The second kappa shape index (κ2) is 9.97. The van der Waals surface area contributed by atoms with E-state index in [0.29, 0.717) is 16.9 Å². The first-order valence-corrected chi connectivity index (χ1v) is 10.9. The molecule has 1 amide bonds. The molecule has 1 N–H and O–H groups in total. The predicted molar refractivity (Wildman–Crippen MR) is 120 cm³/mol. The van der Waals surface area contributed by atoms with Crippen LogP contribution in [0, 0.1) is 6.92 Å². The molecule has 3 aromatic carbocycles. The Balaban J connectivity index is 1.82. The summed E-state index contributed by atoms with van der Waals surface area (Å²) < 4.78 is 41.2. The fourth-order valence-corrected chi connectivity index (χ4v) is 3.68. The fourth-order valence-electron chi connectivity index (χ4n) is 2.71. The van der Waals surface area contributed by atoms with Gasteiger partial charge in [0, 0.05) is 11.1 Å². The third-order valence-corrected chi connectivity index (χ3v) is 5.69. The maximum absolute atomic E-state index is 12.8. The molecule has 3 aromatic rings. The standard InChI is InChI=1S/C23H22N2O6S/c1-16-7-13-20(14-8-16)32(27,28)31-22-18(5-4-6-21(22)30-3)15-24-25-23(26)17-9-11-19(29-2)12-10-17/h4-15H,1-3H3,(H,25,26)/b24-15+. The number of carbonyl (C=O) groups excluding carboxylic acids is 1. The van der Waals surface area contributed by atoms with E-state index in [-0.39, 0.29) is 16.4 Å². The van der Waals surface area contributed by atoms with Crippen LogP contribution in [0.15, 0.2) is 76.7 Å². The number of nitrogens with zero attached hydrogens (tertiary/aromatic N) is 1. The van der Waals surface area contributed by atoms with Gasteiger partial charge in [0.2, 0.25) is 0 Å². The molecule has 0 aromatic heterocycles. The van der Waals surface area contributed by atoms with Crippen LogP contribution in [-0.4, -0.2) is 34.8 Å². The Morgan fingerprint density at radius 3 is 2.25 bits per heavy atom. The summed E-state index contributed by atoms with van der Waals surface area (Å²) in [5.74, 6) is 0.337. The van der Waals surface area contributed by atoms with Crippen LogP contribution in [0.25, 0.3) is 0 Å². The highest BCUT2D eigenvalue weighted by Crippen LogP contribution is 2.32. The molecule has 0 atom stereocenters. The van der Waals surface area contributed by atoms with E-state index in [4.69, 9.17) is 13.7 Å². The van der Waals surface area contributed by atoms with Gasteiger partial charge in [0.05, 0.1) is 20.4 Å². The number of aryl methyl sites for hydroxylation is 1. The number of hydrogen-bond donors (Lipinski definition) is 1. The van der Waals surface area contributed by atoms with E-state index >= 15 is 0 Å². The van der Waals surface area contributed by atoms with Gasteiger partial charge in [-0.1, -0.05) is 23.8 Å². The van der Waals surface area contributed by atoms with E-state index in [1.807, 2.05) is 6.92 Å². The molecule has 9 heteroatoms. The lowest BCUT2D eigenvalue weighted by molar-refractivity contribution is 0.0955. The SMILES string of the molecule is COc1ccc(C(=O)N/N=C/c2cccc(OC)c2OS(=O)(=O)c2ccc(C)cc2)cc1. The third kappa shape index (κ3) is 5.44. The van der Waals surface area contributed by atoms with Gasteiger partial charge in [0.25, 0.3) is 5.91 Å². The van der Waals surface area contributed by atoms with Crippen LogP contribution in [0.5, 0.6) is 17.2 Å². The fraction of sp³-hybridized carbons (Fsp3) is 0.130. The van der Waals surface area contributed by atoms with Crippen LogP contribution in [0.4, 0.5) is 0 Å². The van der Waals surface area contributed by atoms with Crippen molar-refractivity contribution in [2.75, 3.05) is 14.2 Å². The second-order valence-electron chi connectivity index (χ2n) is 6.66. The Bertz CT molecular complexity index is 1220. The highest BCUT2D eigenvalue weighted by atomic mass is 32.2. The van der Waals surface area contributed by atoms with Gasteiger partial charge >= 0.3 is 10.1 Å². The Morgan fingerprint density at radius 2 is 1.62 bits per heavy atom. The zero-order valence-corrected chi connectivity index (χ0v) is 18.5. The average molecular weight is 455 g/mol. The van der Waals surface area contributed by atoms with E-state index in [2.05, 4.69) is 10.5 Å². The van der Waals surface area contributed by atoms with E-state index in [1.165, 1.54) is 32.6 Å². The van der Waals surface area contributed by atoms with Gasteiger partial charge < -0.3 is 13.7 Å². The summed E-state index contributed by atoms with van der Waals surface area (Å²) in [6.45, 7) is 1.85. The predicted octanol–water partition coefficient (Wildman–Crippen LogP) is 3.54. The molecular weight excluding hydrogens is 432 g/mol. The number of carbonyl (C=O) groups is 1. The largest absolute Gasteiger partial charge is 0.497 e. The molecule has 0 aliphatic carbocycles. The number of amides is 1. The normalized spacial score (nSPS) is 11.2. The smallest absolute Gasteiger partial charge is 0.339 e. The third-order valence-electron chi connectivity index (χ3n) is 4.45. The molecule has 0 saturated heterocycles. The lowest BCUT2D eigenvalue weighted by atomic mass is 10.2. The highest BCUT2D eigenvalue weighted by Gasteiger charge is 2.21. The molecule has 8 nitrogen and oxygen atoms in total. The van der Waals surface area contributed by atoms with Crippen LogP contribution in [0.1, 0.15) is 21.5 Å². The number of hydrogen-bond acceptors (Lipinski definition) is 7. The van der Waals surface area contributed by atoms with Gasteiger partial charge in [-0.25, -0.2) is 5.43 Å². The van der Waals surface area contributed by atoms with Crippen LogP contribution < -0.4 is 19.1 Å². The molecule has 0 unspecified atom stereocenters. The molecule has 0 aliphatic heterocycles. The van der Waals surface area contributed by atoms with Crippen molar-refractivity contribution in [3.8, 4) is 17.2 Å². The Labute approximate surface area is 186 Å².